The minimum atomic E-state index is 0.583. The average molecular weight is 154 g/mol. The summed E-state index contributed by atoms with van der Waals surface area (Å²) in [5, 5.41) is 3.80. The number of rotatable bonds is 3. The van der Waals surface area contributed by atoms with Gasteiger partial charge >= 0.3 is 0 Å². The molecular formula is C8H14N2O. The van der Waals surface area contributed by atoms with Gasteiger partial charge in [0, 0.05) is 12.8 Å². The fourth-order valence-electron chi connectivity index (χ4n) is 0.866. The SMILES string of the molecule is CCc1noc(CC(C)C)n1. The Hall–Kier alpha value is -0.860. The lowest BCUT2D eigenvalue weighted by Gasteiger charge is -1.95. The zero-order valence-corrected chi connectivity index (χ0v) is 7.29. The van der Waals surface area contributed by atoms with Crippen molar-refractivity contribution in [3.8, 4) is 0 Å². The lowest BCUT2D eigenvalue weighted by atomic mass is 10.1. The highest BCUT2D eigenvalue weighted by Crippen LogP contribution is 2.05. The molecule has 0 N–H and O–H groups in total. The molecule has 0 spiro atoms. The van der Waals surface area contributed by atoms with Gasteiger partial charge in [-0.2, -0.15) is 4.98 Å². The van der Waals surface area contributed by atoms with Crippen molar-refractivity contribution in [2.75, 3.05) is 0 Å². The molecule has 0 unspecified atom stereocenters. The van der Waals surface area contributed by atoms with Crippen LogP contribution in [0.3, 0.4) is 0 Å². The smallest absolute Gasteiger partial charge is 0.226 e. The highest BCUT2D eigenvalue weighted by atomic mass is 16.5. The second-order valence-electron chi connectivity index (χ2n) is 3.06. The molecule has 1 rings (SSSR count). The molecule has 0 aliphatic rings. The fourth-order valence-corrected chi connectivity index (χ4v) is 0.866. The molecule has 0 bridgehead atoms. The Kier molecular flexibility index (Phi) is 2.63. The van der Waals surface area contributed by atoms with Crippen molar-refractivity contribution < 1.29 is 4.52 Å². The standard InChI is InChI=1S/C8H14N2O/c1-4-7-9-8(11-10-7)5-6(2)3/h6H,4-5H2,1-3H3. The Balaban J connectivity index is 2.58. The largest absolute Gasteiger partial charge is 0.339 e. The summed E-state index contributed by atoms with van der Waals surface area (Å²) < 4.78 is 5.01. The van der Waals surface area contributed by atoms with E-state index in [1.54, 1.807) is 0 Å². The zero-order chi connectivity index (χ0) is 8.27. The van der Waals surface area contributed by atoms with Crippen molar-refractivity contribution >= 4 is 0 Å². The van der Waals surface area contributed by atoms with Gasteiger partial charge < -0.3 is 4.52 Å². The van der Waals surface area contributed by atoms with E-state index in [-0.39, 0.29) is 0 Å². The van der Waals surface area contributed by atoms with Crippen molar-refractivity contribution in [1.82, 2.24) is 10.1 Å². The van der Waals surface area contributed by atoms with Crippen molar-refractivity contribution in [3.05, 3.63) is 11.7 Å². The third-order valence-electron chi connectivity index (χ3n) is 1.41. The summed E-state index contributed by atoms with van der Waals surface area (Å²) in [6.45, 7) is 6.29. The molecular weight excluding hydrogens is 140 g/mol. The van der Waals surface area contributed by atoms with Crippen LogP contribution < -0.4 is 0 Å². The fraction of sp³-hybridized carbons (Fsp3) is 0.750. The van der Waals surface area contributed by atoms with Crippen molar-refractivity contribution in [2.45, 2.75) is 33.6 Å². The Morgan fingerprint density at radius 1 is 1.45 bits per heavy atom. The molecule has 1 aromatic heterocycles. The lowest BCUT2D eigenvalue weighted by Crippen LogP contribution is -1.94. The Morgan fingerprint density at radius 2 is 2.18 bits per heavy atom. The minimum Gasteiger partial charge on any atom is -0.339 e. The van der Waals surface area contributed by atoms with Gasteiger partial charge in [-0.15, -0.1) is 0 Å². The highest BCUT2D eigenvalue weighted by molar-refractivity contribution is 4.85. The van der Waals surface area contributed by atoms with E-state index in [1.807, 2.05) is 6.92 Å². The average Bonchev–Trinajstić information content (AvgIpc) is 2.34. The molecule has 0 atom stereocenters. The molecule has 0 aromatic carbocycles. The maximum absolute atomic E-state index is 5.01. The molecule has 1 aromatic rings. The summed E-state index contributed by atoms with van der Waals surface area (Å²) in [7, 11) is 0. The van der Waals surface area contributed by atoms with Gasteiger partial charge in [-0.3, -0.25) is 0 Å². The van der Waals surface area contributed by atoms with Gasteiger partial charge in [0.05, 0.1) is 0 Å². The minimum absolute atomic E-state index is 0.583. The topological polar surface area (TPSA) is 38.9 Å². The molecule has 11 heavy (non-hydrogen) atoms. The number of hydrogen-bond donors (Lipinski definition) is 0. The first-order valence-electron chi connectivity index (χ1n) is 4.03. The second kappa shape index (κ2) is 3.51. The van der Waals surface area contributed by atoms with Crippen LogP contribution in [-0.4, -0.2) is 10.1 Å². The van der Waals surface area contributed by atoms with Crippen molar-refractivity contribution in [2.24, 2.45) is 5.92 Å². The van der Waals surface area contributed by atoms with E-state index in [9.17, 15) is 0 Å². The molecule has 1 heterocycles. The van der Waals surface area contributed by atoms with Crippen LogP contribution in [0.5, 0.6) is 0 Å². The molecule has 3 nitrogen and oxygen atoms in total. The molecule has 0 amide bonds. The maximum atomic E-state index is 5.01. The molecule has 0 fully saturated rings. The Labute approximate surface area is 66.8 Å². The quantitative estimate of drug-likeness (QED) is 0.666. The Bertz CT molecular complexity index is 218. The number of hydrogen-bond acceptors (Lipinski definition) is 3. The first kappa shape index (κ1) is 8.24. The monoisotopic (exact) mass is 154 g/mol. The maximum Gasteiger partial charge on any atom is 0.226 e. The summed E-state index contributed by atoms with van der Waals surface area (Å²) in [5.41, 5.74) is 0. The molecule has 3 heteroatoms. The van der Waals surface area contributed by atoms with Crippen LogP contribution in [0, 0.1) is 5.92 Å². The third-order valence-corrected chi connectivity index (χ3v) is 1.41. The molecule has 62 valence electrons. The molecule has 0 saturated carbocycles. The van der Waals surface area contributed by atoms with E-state index in [2.05, 4.69) is 24.0 Å². The summed E-state index contributed by atoms with van der Waals surface area (Å²) in [5.74, 6) is 2.15. The van der Waals surface area contributed by atoms with Gasteiger partial charge in [0.25, 0.3) is 0 Å². The number of aromatic nitrogens is 2. The second-order valence-corrected chi connectivity index (χ2v) is 3.06. The van der Waals surface area contributed by atoms with E-state index in [0.29, 0.717) is 5.92 Å². The summed E-state index contributed by atoms with van der Waals surface area (Å²) in [6, 6.07) is 0. The van der Waals surface area contributed by atoms with Crippen LogP contribution in [0.1, 0.15) is 32.5 Å². The van der Waals surface area contributed by atoms with Gasteiger partial charge in [-0.25, -0.2) is 0 Å². The normalized spacial score (nSPS) is 10.9. The van der Waals surface area contributed by atoms with Crippen LogP contribution in [0.2, 0.25) is 0 Å². The summed E-state index contributed by atoms with van der Waals surface area (Å²) in [4.78, 5) is 4.19. The first-order valence-corrected chi connectivity index (χ1v) is 4.03. The first-order chi connectivity index (χ1) is 5.22. The van der Waals surface area contributed by atoms with Crippen molar-refractivity contribution in [1.29, 1.82) is 0 Å². The molecule has 0 aliphatic carbocycles. The summed E-state index contributed by atoms with van der Waals surface area (Å²) >= 11 is 0. The van der Waals surface area contributed by atoms with Gasteiger partial charge in [0.2, 0.25) is 5.89 Å². The van der Waals surface area contributed by atoms with Crippen LogP contribution in [0.25, 0.3) is 0 Å². The van der Waals surface area contributed by atoms with Gasteiger partial charge in [0.1, 0.15) is 0 Å². The van der Waals surface area contributed by atoms with Crippen LogP contribution in [0.4, 0.5) is 0 Å². The van der Waals surface area contributed by atoms with Gasteiger partial charge in [-0.05, 0) is 5.92 Å². The van der Waals surface area contributed by atoms with E-state index in [0.717, 1.165) is 24.6 Å². The van der Waals surface area contributed by atoms with Crippen LogP contribution >= 0.6 is 0 Å². The number of nitrogens with zero attached hydrogens (tertiary/aromatic N) is 2. The van der Waals surface area contributed by atoms with E-state index in [1.165, 1.54) is 0 Å². The van der Waals surface area contributed by atoms with E-state index >= 15 is 0 Å². The lowest BCUT2D eigenvalue weighted by molar-refractivity contribution is 0.359. The van der Waals surface area contributed by atoms with E-state index < -0.39 is 0 Å². The van der Waals surface area contributed by atoms with Crippen LogP contribution in [-0.2, 0) is 12.8 Å². The molecule has 0 aliphatic heterocycles. The summed E-state index contributed by atoms with van der Waals surface area (Å²) in [6.07, 6.45) is 1.73. The number of aryl methyl sites for hydroxylation is 1. The third kappa shape index (κ3) is 2.33. The highest BCUT2D eigenvalue weighted by Gasteiger charge is 2.05. The zero-order valence-electron chi connectivity index (χ0n) is 7.29. The predicted molar refractivity (Wildman–Crippen MR) is 42.2 cm³/mol. The molecule has 0 saturated heterocycles. The van der Waals surface area contributed by atoms with Gasteiger partial charge in [-0.1, -0.05) is 25.9 Å². The Morgan fingerprint density at radius 3 is 2.64 bits per heavy atom. The molecule has 0 radical (unpaired) electrons. The van der Waals surface area contributed by atoms with Crippen molar-refractivity contribution in [3.63, 3.8) is 0 Å². The van der Waals surface area contributed by atoms with Gasteiger partial charge in [0.15, 0.2) is 5.82 Å². The van der Waals surface area contributed by atoms with E-state index in [4.69, 9.17) is 4.52 Å². The predicted octanol–water partition coefficient (Wildman–Crippen LogP) is 1.83. The van der Waals surface area contributed by atoms with Crippen LogP contribution in [0.15, 0.2) is 4.52 Å².